The molecule has 66 valence electrons. The van der Waals surface area contributed by atoms with Gasteiger partial charge in [0.05, 0.1) is 0 Å². The third-order valence-corrected chi connectivity index (χ3v) is 1.09. The number of anilines is 1. The van der Waals surface area contributed by atoms with Crippen LogP contribution in [-0.4, -0.2) is 22.7 Å². The molecule has 0 aliphatic heterocycles. The molecule has 2 N–H and O–H groups in total. The zero-order chi connectivity index (χ0) is 8.97. The minimum Gasteiger partial charge on any atom is -0.338 e. The smallest absolute Gasteiger partial charge is 0.329 e. The average Bonchev–Trinajstić information content (AvgIpc) is 2.36. The molecule has 0 spiro atoms. The van der Waals surface area contributed by atoms with Crippen LogP contribution in [0.3, 0.4) is 0 Å². The van der Waals surface area contributed by atoms with Crippen LogP contribution in [0, 0.1) is 6.92 Å². The lowest BCUT2D eigenvalue weighted by Gasteiger charge is -1.98. The second kappa shape index (κ2) is 3.70. The van der Waals surface area contributed by atoms with E-state index in [-0.39, 0.29) is 12.0 Å². The first kappa shape index (κ1) is 8.51. The van der Waals surface area contributed by atoms with Crippen LogP contribution in [0.4, 0.5) is 10.8 Å². The Bertz CT molecular complexity index is 270. The molecule has 0 unspecified atom stereocenters. The number of carbonyl (C=O) groups excluding carboxylic acids is 1. The van der Waals surface area contributed by atoms with E-state index in [1.165, 1.54) is 0 Å². The molecule has 12 heavy (non-hydrogen) atoms. The second-order valence-electron chi connectivity index (χ2n) is 2.13. The van der Waals surface area contributed by atoms with E-state index in [1.54, 1.807) is 6.92 Å². The molecule has 6 nitrogen and oxygen atoms in total. The Morgan fingerprint density at radius 1 is 1.67 bits per heavy atom. The van der Waals surface area contributed by atoms with Gasteiger partial charge in [-0.25, -0.2) is 4.79 Å². The van der Waals surface area contributed by atoms with E-state index in [0.29, 0.717) is 12.4 Å². The summed E-state index contributed by atoms with van der Waals surface area (Å²) in [5.74, 6) is 0.488. The number of rotatable bonds is 2. The van der Waals surface area contributed by atoms with Crippen LogP contribution < -0.4 is 10.6 Å². The largest absolute Gasteiger partial charge is 0.338 e. The van der Waals surface area contributed by atoms with Crippen molar-refractivity contribution in [3.05, 3.63) is 5.82 Å². The SMILES string of the molecule is CCNC(=O)Nc1nc(C)no1. The van der Waals surface area contributed by atoms with Gasteiger partial charge in [-0.15, -0.1) is 0 Å². The highest BCUT2D eigenvalue weighted by atomic mass is 16.5. The summed E-state index contributed by atoms with van der Waals surface area (Å²) in [5.41, 5.74) is 0. The molecule has 0 aromatic carbocycles. The van der Waals surface area contributed by atoms with Crippen LogP contribution in [0.2, 0.25) is 0 Å². The molecule has 1 heterocycles. The highest BCUT2D eigenvalue weighted by molar-refractivity contribution is 5.86. The Morgan fingerprint density at radius 2 is 2.42 bits per heavy atom. The molecule has 0 aliphatic carbocycles. The van der Waals surface area contributed by atoms with Crippen molar-refractivity contribution in [1.82, 2.24) is 15.5 Å². The molecule has 1 aromatic rings. The molecule has 0 atom stereocenters. The van der Waals surface area contributed by atoms with E-state index in [0.717, 1.165) is 0 Å². The standard InChI is InChI=1S/C6H10N4O2/c1-3-7-5(11)9-6-8-4(2)10-12-6/h3H2,1-2H3,(H2,7,8,9,10,11). The first-order valence-corrected chi connectivity index (χ1v) is 3.57. The average molecular weight is 170 g/mol. The van der Waals surface area contributed by atoms with Gasteiger partial charge in [0.2, 0.25) is 0 Å². The van der Waals surface area contributed by atoms with Crippen molar-refractivity contribution in [2.24, 2.45) is 0 Å². The van der Waals surface area contributed by atoms with Crippen molar-refractivity contribution in [3.63, 3.8) is 0 Å². The van der Waals surface area contributed by atoms with E-state index in [2.05, 4.69) is 25.3 Å². The van der Waals surface area contributed by atoms with Crippen molar-refractivity contribution in [2.75, 3.05) is 11.9 Å². The van der Waals surface area contributed by atoms with Gasteiger partial charge in [0.15, 0.2) is 5.82 Å². The number of nitrogens with zero attached hydrogens (tertiary/aromatic N) is 2. The summed E-state index contributed by atoms with van der Waals surface area (Å²) < 4.78 is 4.65. The first-order valence-electron chi connectivity index (χ1n) is 3.57. The fourth-order valence-corrected chi connectivity index (χ4v) is 0.650. The Hall–Kier alpha value is -1.59. The van der Waals surface area contributed by atoms with Gasteiger partial charge in [0.25, 0.3) is 0 Å². The van der Waals surface area contributed by atoms with Crippen molar-refractivity contribution < 1.29 is 9.32 Å². The predicted octanol–water partition coefficient (Wildman–Crippen LogP) is 0.519. The van der Waals surface area contributed by atoms with Gasteiger partial charge in [0.1, 0.15) is 0 Å². The topological polar surface area (TPSA) is 80.0 Å². The van der Waals surface area contributed by atoms with Crippen LogP contribution in [0.1, 0.15) is 12.7 Å². The fourth-order valence-electron chi connectivity index (χ4n) is 0.650. The number of amides is 2. The second-order valence-corrected chi connectivity index (χ2v) is 2.13. The molecular weight excluding hydrogens is 160 g/mol. The third-order valence-electron chi connectivity index (χ3n) is 1.09. The van der Waals surface area contributed by atoms with Crippen molar-refractivity contribution in [2.45, 2.75) is 13.8 Å². The van der Waals surface area contributed by atoms with Gasteiger partial charge >= 0.3 is 12.0 Å². The maximum absolute atomic E-state index is 10.9. The van der Waals surface area contributed by atoms with Crippen molar-refractivity contribution in [3.8, 4) is 0 Å². The van der Waals surface area contributed by atoms with Gasteiger partial charge in [-0.3, -0.25) is 5.32 Å². The Morgan fingerprint density at radius 3 is 2.92 bits per heavy atom. The molecule has 0 radical (unpaired) electrons. The fraction of sp³-hybridized carbons (Fsp3) is 0.500. The van der Waals surface area contributed by atoms with Crippen LogP contribution in [0.25, 0.3) is 0 Å². The lowest BCUT2D eigenvalue weighted by atomic mass is 10.7. The number of hydrogen-bond donors (Lipinski definition) is 2. The van der Waals surface area contributed by atoms with Crippen LogP contribution in [0.5, 0.6) is 0 Å². The normalized spacial score (nSPS) is 9.50. The maximum atomic E-state index is 10.9. The molecule has 0 fully saturated rings. The summed E-state index contributed by atoms with van der Waals surface area (Å²) in [5, 5.41) is 8.40. The highest BCUT2D eigenvalue weighted by Crippen LogP contribution is 2.00. The van der Waals surface area contributed by atoms with E-state index >= 15 is 0 Å². The summed E-state index contributed by atoms with van der Waals surface area (Å²) in [7, 11) is 0. The molecule has 0 aliphatic rings. The third kappa shape index (κ3) is 2.22. The van der Waals surface area contributed by atoms with E-state index in [4.69, 9.17) is 0 Å². The van der Waals surface area contributed by atoms with Gasteiger partial charge in [-0.1, -0.05) is 5.16 Å². The molecule has 1 aromatic heterocycles. The van der Waals surface area contributed by atoms with E-state index < -0.39 is 0 Å². The highest BCUT2D eigenvalue weighted by Gasteiger charge is 2.05. The lowest BCUT2D eigenvalue weighted by Crippen LogP contribution is -2.28. The van der Waals surface area contributed by atoms with Gasteiger partial charge in [-0.05, 0) is 13.8 Å². The molecule has 6 heteroatoms. The molecule has 2 amide bonds. The number of hydrogen-bond acceptors (Lipinski definition) is 4. The quantitative estimate of drug-likeness (QED) is 0.678. The predicted molar refractivity (Wildman–Crippen MR) is 41.7 cm³/mol. The maximum Gasteiger partial charge on any atom is 0.329 e. The van der Waals surface area contributed by atoms with Crippen LogP contribution >= 0.6 is 0 Å². The first-order chi connectivity index (χ1) is 5.72. The Labute approximate surface area is 69.3 Å². The summed E-state index contributed by atoms with van der Waals surface area (Å²) in [6, 6.07) is -0.236. The molecule has 0 bridgehead atoms. The monoisotopic (exact) mass is 170 g/mol. The Balaban J connectivity index is 2.46. The minimum atomic E-state index is -0.346. The van der Waals surface area contributed by atoms with Crippen molar-refractivity contribution in [1.29, 1.82) is 0 Å². The van der Waals surface area contributed by atoms with Gasteiger partial charge < -0.3 is 9.84 Å². The lowest BCUT2D eigenvalue weighted by molar-refractivity contribution is 0.251. The summed E-state index contributed by atoms with van der Waals surface area (Å²) in [4.78, 5) is 14.7. The van der Waals surface area contributed by atoms with Crippen LogP contribution in [0.15, 0.2) is 4.52 Å². The number of urea groups is 1. The van der Waals surface area contributed by atoms with Crippen LogP contribution in [-0.2, 0) is 0 Å². The van der Waals surface area contributed by atoms with Gasteiger partial charge in [0, 0.05) is 6.54 Å². The number of aryl methyl sites for hydroxylation is 1. The van der Waals surface area contributed by atoms with Gasteiger partial charge in [-0.2, -0.15) is 4.98 Å². The summed E-state index contributed by atoms with van der Waals surface area (Å²) >= 11 is 0. The van der Waals surface area contributed by atoms with Crippen molar-refractivity contribution >= 4 is 12.0 Å². The molecule has 1 rings (SSSR count). The van der Waals surface area contributed by atoms with E-state index in [1.807, 2.05) is 6.92 Å². The number of aromatic nitrogens is 2. The molecule has 0 saturated heterocycles. The zero-order valence-electron chi connectivity index (χ0n) is 6.92. The zero-order valence-corrected chi connectivity index (χ0v) is 6.92. The van der Waals surface area contributed by atoms with E-state index in [9.17, 15) is 4.79 Å². The number of nitrogens with one attached hydrogen (secondary N) is 2. The summed E-state index contributed by atoms with van der Waals surface area (Å²) in [6.07, 6.45) is 0. The molecule has 0 saturated carbocycles. The minimum absolute atomic E-state index is 0.110. The number of carbonyl (C=O) groups is 1. The Kier molecular flexibility index (Phi) is 2.62. The molecular formula is C6H10N4O2. The summed E-state index contributed by atoms with van der Waals surface area (Å²) in [6.45, 7) is 4.05.